The zero-order chi connectivity index (χ0) is 14.5. The van der Waals surface area contributed by atoms with Crippen LogP contribution in [0.15, 0.2) is 35.5 Å². The molecule has 1 aromatic carbocycles. The van der Waals surface area contributed by atoms with Gasteiger partial charge in [0.2, 0.25) is 0 Å². The molecule has 2 aromatic rings. The van der Waals surface area contributed by atoms with E-state index in [1.165, 1.54) is 11.8 Å². The summed E-state index contributed by atoms with van der Waals surface area (Å²) in [6, 6.07) is 9.39. The molecule has 0 saturated heterocycles. The minimum absolute atomic E-state index is 0.140. The van der Waals surface area contributed by atoms with Gasteiger partial charge < -0.3 is 10.5 Å². The van der Waals surface area contributed by atoms with E-state index >= 15 is 0 Å². The van der Waals surface area contributed by atoms with Crippen molar-refractivity contribution in [1.82, 2.24) is 9.97 Å². The fraction of sp³-hybridized carbons (Fsp3) is 0.214. The second-order valence-electron chi connectivity index (χ2n) is 3.91. The van der Waals surface area contributed by atoms with Crippen LogP contribution in [0.3, 0.4) is 0 Å². The predicted octanol–water partition coefficient (Wildman–Crippen LogP) is 2.62. The Morgan fingerprint density at radius 3 is 2.60 bits per heavy atom. The molecule has 0 radical (unpaired) electrons. The largest absolute Gasteiger partial charge is 0.462 e. The first-order valence-corrected chi connectivity index (χ1v) is 7.33. The van der Waals surface area contributed by atoms with Crippen LogP contribution in [-0.2, 0) is 4.74 Å². The first kappa shape index (κ1) is 14.3. The van der Waals surface area contributed by atoms with Crippen LogP contribution in [0.5, 0.6) is 0 Å². The van der Waals surface area contributed by atoms with Crippen LogP contribution in [0.1, 0.15) is 17.3 Å². The summed E-state index contributed by atoms with van der Waals surface area (Å²) in [7, 11) is 0. The standard InChI is InChI=1S/C14H15N3O2S/c1-3-19-13(18)10-11(9-7-5-4-6-8-9)16-14(20-2)17-12(10)15/h4-8H,3H2,1-2H3,(H2,15,16,17). The molecule has 6 heteroatoms. The number of thioether (sulfide) groups is 1. The average Bonchev–Trinajstić information content (AvgIpc) is 2.47. The topological polar surface area (TPSA) is 78.1 Å². The summed E-state index contributed by atoms with van der Waals surface area (Å²) in [5.74, 6) is -0.363. The number of aromatic nitrogens is 2. The number of nitrogen functional groups attached to an aromatic ring is 1. The molecule has 2 N–H and O–H groups in total. The van der Waals surface area contributed by atoms with E-state index in [0.717, 1.165) is 5.56 Å². The number of carbonyl (C=O) groups is 1. The molecule has 0 fully saturated rings. The molecule has 0 aliphatic rings. The van der Waals surface area contributed by atoms with Crippen molar-refractivity contribution >= 4 is 23.5 Å². The van der Waals surface area contributed by atoms with Crippen molar-refractivity contribution in [3.63, 3.8) is 0 Å². The summed E-state index contributed by atoms with van der Waals surface area (Å²) >= 11 is 1.37. The number of hydrogen-bond donors (Lipinski definition) is 1. The van der Waals surface area contributed by atoms with E-state index in [-0.39, 0.29) is 18.0 Å². The van der Waals surface area contributed by atoms with E-state index in [2.05, 4.69) is 9.97 Å². The zero-order valence-corrected chi connectivity index (χ0v) is 12.1. The Balaban J connectivity index is 2.63. The molecule has 0 bridgehead atoms. The van der Waals surface area contributed by atoms with Crippen LogP contribution in [0, 0.1) is 0 Å². The molecule has 0 atom stereocenters. The summed E-state index contributed by atoms with van der Waals surface area (Å²) < 4.78 is 5.04. The lowest BCUT2D eigenvalue weighted by atomic mass is 10.1. The Morgan fingerprint density at radius 1 is 1.30 bits per heavy atom. The molecule has 0 aliphatic heterocycles. The van der Waals surface area contributed by atoms with E-state index in [4.69, 9.17) is 10.5 Å². The lowest BCUT2D eigenvalue weighted by molar-refractivity contribution is 0.0527. The third-order valence-corrected chi connectivity index (χ3v) is 3.17. The minimum atomic E-state index is -0.503. The summed E-state index contributed by atoms with van der Waals surface area (Å²) in [6.45, 7) is 2.02. The number of esters is 1. The lowest BCUT2D eigenvalue weighted by Gasteiger charge is -2.11. The highest BCUT2D eigenvalue weighted by Gasteiger charge is 2.21. The number of benzene rings is 1. The van der Waals surface area contributed by atoms with E-state index in [0.29, 0.717) is 10.9 Å². The predicted molar refractivity (Wildman–Crippen MR) is 79.6 cm³/mol. The van der Waals surface area contributed by atoms with E-state index in [1.54, 1.807) is 6.92 Å². The SMILES string of the molecule is CCOC(=O)c1c(N)nc(SC)nc1-c1ccccc1. The van der Waals surface area contributed by atoms with Gasteiger partial charge >= 0.3 is 5.97 Å². The first-order chi connectivity index (χ1) is 9.67. The Bertz CT molecular complexity index is 617. The normalized spacial score (nSPS) is 10.3. The number of anilines is 1. The van der Waals surface area contributed by atoms with E-state index in [1.807, 2.05) is 36.6 Å². The van der Waals surface area contributed by atoms with Crippen LogP contribution in [-0.4, -0.2) is 28.8 Å². The Labute approximate surface area is 121 Å². The van der Waals surface area contributed by atoms with Crippen molar-refractivity contribution in [3.05, 3.63) is 35.9 Å². The number of hydrogen-bond acceptors (Lipinski definition) is 6. The molecule has 0 amide bonds. The fourth-order valence-electron chi connectivity index (χ4n) is 1.76. The highest BCUT2D eigenvalue weighted by Crippen LogP contribution is 2.27. The number of ether oxygens (including phenoxy) is 1. The number of carbonyl (C=O) groups excluding carboxylic acids is 1. The molecular formula is C14H15N3O2S. The van der Waals surface area contributed by atoms with Gasteiger partial charge in [0.1, 0.15) is 11.4 Å². The monoisotopic (exact) mass is 289 g/mol. The molecule has 0 saturated carbocycles. The number of rotatable bonds is 4. The van der Waals surface area contributed by atoms with Gasteiger partial charge in [0.05, 0.1) is 12.3 Å². The minimum Gasteiger partial charge on any atom is -0.462 e. The molecular weight excluding hydrogens is 274 g/mol. The second-order valence-corrected chi connectivity index (χ2v) is 4.68. The maximum Gasteiger partial charge on any atom is 0.344 e. The van der Waals surface area contributed by atoms with Crippen LogP contribution < -0.4 is 5.73 Å². The van der Waals surface area contributed by atoms with E-state index < -0.39 is 5.97 Å². The van der Waals surface area contributed by atoms with Crippen LogP contribution >= 0.6 is 11.8 Å². The van der Waals surface area contributed by atoms with Crippen molar-refractivity contribution in [3.8, 4) is 11.3 Å². The maximum atomic E-state index is 12.1. The van der Waals surface area contributed by atoms with Gasteiger partial charge in [0, 0.05) is 5.56 Å². The zero-order valence-electron chi connectivity index (χ0n) is 11.3. The third-order valence-electron chi connectivity index (χ3n) is 2.63. The van der Waals surface area contributed by atoms with Gasteiger partial charge in [0.15, 0.2) is 5.16 Å². The van der Waals surface area contributed by atoms with Crippen molar-refractivity contribution in [1.29, 1.82) is 0 Å². The fourth-order valence-corrected chi connectivity index (χ4v) is 2.13. The molecule has 2 rings (SSSR count). The van der Waals surface area contributed by atoms with Crippen molar-refractivity contribution in [2.24, 2.45) is 0 Å². The van der Waals surface area contributed by atoms with Gasteiger partial charge in [-0.1, -0.05) is 42.1 Å². The van der Waals surface area contributed by atoms with Gasteiger partial charge in [-0.25, -0.2) is 14.8 Å². The smallest absolute Gasteiger partial charge is 0.344 e. The lowest BCUT2D eigenvalue weighted by Crippen LogP contribution is -2.13. The molecule has 0 unspecified atom stereocenters. The third kappa shape index (κ3) is 2.91. The number of nitrogens with two attached hydrogens (primary N) is 1. The summed E-state index contributed by atoms with van der Waals surface area (Å²) in [6.07, 6.45) is 1.85. The van der Waals surface area contributed by atoms with Crippen LogP contribution in [0.25, 0.3) is 11.3 Å². The second kappa shape index (κ2) is 6.38. The number of nitrogens with zero attached hydrogens (tertiary/aromatic N) is 2. The van der Waals surface area contributed by atoms with Gasteiger partial charge in [-0.3, -0.25) is 0 Å². The molecule has 0 spiro atoms. The Kier molecular flexibility index (Phi) is 4.57. The molecule has 5 nitrogen and oxygen atoms in total. The molecule has 1 heterocycles. The van der Waals surface area contributed by atoms with Crippen molar-refractivity contribution in [2.75, 3.05) is 18.6 Å². The molecule has 104 valence electrons. The van der Waals surface area contributed by atoms with Crippen LogP contribution in [0.4, 0.5) is 5.82 Å². The van der Waals surface area contributed by atoms with Gasteiger partial charge in [-0.15, -0.1) is 0 Å². The quantitative estimate of drug-likeness (QED) is 0.529. The summed E-state index contributed by atoms with van der Waals surface area (Å²) in [4.78, 5) is 20.6. The average molecular weight is 289 g/mol. The van der Waals surface area contributed by atoms with Gasteiger partial charge in [-0.05, 0) is 13.2 Å². The Morgan fingerprint density at radius 2 is 2.00 bits per heavy atom. The summed E-state index contributed by atoms with van der Waals surface area (Å²) in [5.41, 5.74) is 7.43. The summed E-state index contributed by atoms with van der Waals surface area (Å²) in [5, 5.41) is 0.523. The maximum absolute atomic E-state index is 12.1. The first-order valence-electron chi connectivity index (χ1n) is 6.11. The molecule has 1 aromatic heterocycles. The highest BCUT2D eigenvalue weighted by molar-refractivity contribution is 7.98. The molecule has 0 aliphatic carbocycles. The van der Waals surface area contributed by atoms with E-state index in [9.17, 15) is 4.79 Å². The van der Waals surface area contributed by atoms with Crippen LogP contribution in [0.2, 0.25) is 0 Å². The van der Waals surface area contributed by atoms with Gasteiger partial charge in [0.25, 0.3) is 0 Å². The highest BCUT2D eigenvalue weighted by atomic mass is 32.2. The van der Waals surface area contributed by atoms with Gasteiger partial charge in [-0.2, -0.15) is 0 Å². The Hall–Kier alpha value is -2.08. The molecule has 20 heavy (non-hydrogen) atoms. The van der Waals surface area contributed by atoms with Crippen molar-refractivity contribution in [2.45, 2.75) is 12.1 Å². The van der Waals surface area contributed by atoms with Crippen molar-refractivity contribution < 1.29 is 9.53 Å².